The minimum absolute atomic E-state index is 0.00337. The molecule has 1 aliphatic carbocycles. The molecule has 0 aliphatic heterocycles. The minimum Gasteiger partial charge on any atom is -0.354 e. The first-order valence-corrected chi connectivity index (χ1v) is 8.65. The molecule has 23 heavy (non-hydrogen) atoms. The van der Waals surface area contributed by atoms with E-state index in [1.807, 2.05) is 18.2 Å². The number of amides is 1. The Morgan fingerprint density at radius 3 is 2.78 bits per heavy atom. The number of para-hydroxylation sites is 2. The summed E-state index contributed by atoms with van der Waals surface area (Å²) in [4.78, 5) is 17.1. The Labute approximate surface area is 137 Å². The molecule has 1 saturated carbocycles. The van der Waals surface area contributed by atoms with Crippen molar-refractivity contribution in [3.8, 4) is 0 Å². The van der Waals surface area contributed by atoms with E-state index in [-0.39, 0.29) is 5.91 Å². The number of carbonyl (C=O) groups excluding carboxylic acids is 1. The number of aromatic nitrogens is 2. The zero-order valence-electron chi connectivity index (χ0n) is 13.8. The van der Waals surface area contributed by atoms with Crippen LogP contribution in [-0.4, -0.2) is 27.5 Å². The number of imidazole rings is 1. The maximum atomic E-state index is 12.4. The summed E-state index contributed by atoms with van der Waals surface area (Å²) in [5.41, 5.74) is 7.77. The van der Waals surface area contributed by atoms with Crippen LogP contribution < -0.4 is 11.1 Å². The van der Waals surface area contributed by atoms with Crippen LogP contribution >= 0.6 is 0 Å². The van der Waals surface area contributed by atoms with Crippen molar-refractivity contribution < 1.29 is 4.79 Å². The Hall–Kier alpha value is -1.88. The van der Waals surface area contributed by atoms with Gasteiger partial charge in [-0.25, -0.2) is 4.98 Å². The average Bonchev–Trinajstić information content (AvgIpc) is 2.92. The molecule has 1 aromatic heterocycles. The lowest BCUT2D eigenvalue weighted by Crippen LogP contribution is -2.55. The molecule has 0 atom stereocenters. The van der Waals surface area contributed by atoms with E-state index in [1.165, 1.54) is 6.42 Å². The van der Waals surface area contributed by atoms with E-state index in [0.717, 1.165) is 55.5 Å². The predicted octanol–water partition coefficient (Wildman–Crippen LogP) is 2.38. The molecular formula is C18H26N4O. The fourth-order valence-electron chi connectivity index (χ4n) is 3.54. The molecule has 1 fully saturated rings. The first kappa shape index (κ1) is 16.0. The summed E-state index contributed by atoms with van der Waals surface area (Å²) >= 11 is 0. The summed E-state index contributed by atoms with van der Waals surface area (Å²) < 4.78 is 2.21. The van der Waals surface area contributed by atoms with Crippen LogP contribution in [0, 0.1) is 0 Å². The zero-order valence-corrected chi connectivity index (χ0v) is 13.8. The Morgan fingerprint density at radius 2 is 2.04 bits per heavy atom. The second-order valence-corrected chi connectivity index (χ2v) is 6.48. The summed E-state index contributed by atoms with van der Waals surface area (Å²) in [6.45, 7) is 3.58. The maximum absolute atomic E-state index is 12.4. The molecule has 3 rings (SSSR count). The highest BCUT2D eigenvalue weighted by molar-refractivity contribution is 5.86. The smallest absolute Gasteiger partial charge is 0.240 e. The largest absolute Gasteiger partial charge is 0.354 e. The second-order valence-electron chi connectivity index (χ2n) is 6.48. The molecule has 1 aromatic carbocycles. The molecule has 1 amide bonds. The van der Waals surface area contributed by atoms with Gasteiger partial charge in [0, 0.05) is 19.5 Å². The SMILES string of the molecule is CCn1c(CCNC(=O)C2(N)CCCCC2)nc2ccccc21. The lowest BCUT2D eigenvalue weighted by molar-refractivity contribution is -0.127. The van der Waals surface area contributed by atoms with Crippen molar-refractivity contribution >= 4 is 16.9 Å². The first-order valence-electron chi connectivity index (χ1n) is 8.65. The third-order valence-corrected chi connectivity index (χ3v) is 4.88. The van der Waals surface area contributed by atoms with Gasteiger partial charge >= 0.3 is 0 Å². The molecule has 5 heteroatoms. The second kappa shape index (κ2) is 6.71. The number of hydrogen-bond donors (Lipinski definition) is 2. The maximum Gasteiger partial charge on any atom is 0.240 e. The van der Waals surface area contributed by atoms with E-state index in [2.05, 4.69) is 22.9 Å². The van der Waals surface area contributed by atoms with Gasteiger partial charge in [0.1, 0.15) is 5.82 Å². The number of nitrogens with one attached hydrogen (secondary N) is 1. The van der Waals surface area contributed by atoms with Gasteiger partial charge in [-0.15, -0.1) is 0 Å². The van der Waals surface area contributed by atoms with Gasteiger partial charge < -0.3 is 15.6 Å². The lowest BCUT2D eigenvalue weighted by atomic mass is 9.82. The zero-order chi connectivity index (χ0) is 16.3. The standard InChI is InChI=1S/C18H26N4O/c1-2-22-15-9-5-4-8-14(15)21-16(22)10-13-20-17(23)18(19)11-6-3-7-12-18/h4-5,8-9H,2-3,6-7,10-13,19H2,1H3,(H,20,23). The van der Waals surface area contributed by atoms with Crippen LogP contribution in [0.1, 0.15) is 44.9 Å². The van der Waals surface area contributed by atoms with Crippen LogP contribution in [0.3, 0.4) is 0 Å². The van der Waals surface area contributed by atoms with Gasteiger partial charge in [0.2, 0.25) is 5.91 Å². The van der Waals surface area contributed by atoms with Crippen molar-refractivity contribution in [3.05, 3.63) is 30.1 Å². The molecule has 0 spiro atoms. The molecule has 5 nitrogen and oxygen atoms in total. The van der Waals surface area contributed by atoms with E-state index in [1.54, 1.807) is 0 Å². The van der Waals surface area contributed by atoms with E-state index in [4.69, 9.17) is 10.7 Å². The van der Waals surface area contributed by atoms with E-state index < -0.39 is 5.54 Å². The quantitative estimate of drug-likeness (QED) is 0.890. The van der Waals surface area contributed by atoms with Gasteiger partial charge in [0.25, 0.3) is 0 Å². The highest BCUT2D eigenvalue weighted by atomic mass is 16.2. The van der Waals surface area contributed by atoms with Crippen LogP contribution in [0.2, 0.25) is 0 Å². The van der Waals surface area contributed by atoms with E-state index >= 15 is 0 Å². The first-order chi connectivity index (χ1) is 11.1. The van der Waals surface area contributed by atoms with Crippen molar-refractivity contribution in [2.24, 2.45) is 5.73 Å². The molecule has 0 unspecified atom stereocenters. The van der Waals surface area contributed by atoms with Crippen molar-refractivity contribution in [1.82, 2.24) is 14.9 Å². The Kier molecular flexibility index (Phi) is 4.66. The Balaban J connectivity index is 1.63. The monoisotopic (exact) mass is 314 g/mol. The number of nitrogens with zero attached hydrogens (tertiary/aromatic N) is 2. The highest BCUT2D eigenvalue weighted by Gasteiger charge is 2.34. The molecule has 124 valence electrons. The third-order valence-electron chi connectivity index (χ3n) is 4.88. The number of fused-ring (bicyclic) bond motifs is 1. The molecule has 1 heterocycles. The summed E-state index contributed by atoms with van der Waals surface area (Å²) in [5.74, 6) is 1.01. The molecule has 0 radical (unpaired) electrons. The van der Waals surface area contributed by atoms with Gasteiger partial charge in [0.05, 0.1) is 16.6 Å². The number of hydrogen-bond acceptors (Lipinski definition) is 3. The Morgan fingerprint density at radius 1 is 1.30 bits per heavy atom. The fraction of sp³-hybridized carbons (Fsp3) is 0.556. The third kappa shape index (κ3) is 3.24. The van der Waals surface area contributed by atoms with Crippen LogP contribution in [-0.2, 0) is 17.8 Å². The molecular weight excluding hydrogens is 288 g/mol. The molecule has 2 aromatic rings. The number of rotatable bonds is 5. The average molecular weight is 314 g/mol. The van der Waals surface area contributed by atoms with Gasteiger partial charge in [0.15, 0.2) is 0 Å². The summed E-state index contributed by atoms with van der Waals surface area (Å²) in [6, 6.07) is 8.15. The van der Waals surface area contributed by atoms with Gasteiger partial charge in [-0.1, -0.05) is 31.4 Å². The van der Waals surface area contributed by atoms with Crippen molar-refractivity contribution in [3.63, 3.8) is 0 Å². The van der Waals surface area contributed by atoms with Crippen molar-refractivity contribution in [1.29, 1.82) is 0 Å². The normalized spacial score (nSPS) is 17.3. The topological polar surface area (TPSA) is 72.9 Å². The van der Waals surface area contributed by atoms with Crippen molar-refractivity contribution in [2.75, 3.05) is 6.54 Å². The van der Waals surface area contributed by atoms with E-state index in [0.29, 0.717) is 6.54 Å². The van der Waals surface area contributed by atoms with E-state index in [9.17, 15) is 4.79 Å². The number of aryl methyl sites for hydroxylation is 1. The number of benzene rings is 1. The molecule has 1 aliphatic rings. The van der Waals surface area contributed by atoms with Crippen LogP contribution in [0.15, 0.2) is 24.3 Å². The van der Waals surface area contributed by atoms with Crippen LogP contribution in [0.4, 0.5) is 0 Å². The fourth-order valence-corrected chi connectivity index (χ4v) is 3.54. The summed E-state index contributed by atoms with van der Waals surface area (Å²) in [5, 5.41) is 3.02. The summed E-state index contributed by atoms with van der Waals surface area (Å²) in [7, 11) is 0. The number of carbonyl (C=O) groups is 1. The predicted molar refractivity (Wildman–Crippen MR) is 92.1 cm³/mol. The van der Waals surface area contributed by atoms with Crippen LogP contribution in [0.25, 0.3) is 11.0 Å². The lowest BCUT2D eigenvalue weighted by Gasteiger charge is -2.31. The van der Waals surface area contributed by atoms with Gasteiger partial charge in [-0.05, 0) is 31.9 Å². The molecule has 3 N–H and O–H groups in total. The molecule has 0 bridgehead atoms. The Bertz CT molecular complexity index is 685. The van der Waals surface area contributed by atoms with Crippen molar-refractivity contribution in [2.45, 2.75) is 57.5 Å². The van der Waals surface area contributed by atoms with Gasteiger partial charge in [-0.2, -0.15) is 0 Å². The molecule has 0 saturated heterocycles. The number of nitrogens with two attached hydrogens (primary N) is 1. The summed E-state index contributed by atoms with van der Waals surface area (Å²) in [6.07, 6.45) is 5.61. The van der Waals surface area contributed by atoms with Crippen LogP contribution in [0.5, 0.6) is 0 Å². The highest BCUT2D eigenvalue weighted by Crippen LogP contribution is 2.26. The minimum atomic E-state index is -0.664. The van der Waals surface area contributed by atoms with Gasteiger partial charge in [-0.3, -0.25) is 4.79 Å².